The summed E-state index contributed by atoms with van der Waals surface area (Å²) in [6, 6.07) is 3.53. The second kappa shape index (κ2) is 12.5. The summed E-state index contributed by atoms with van der Waals surface area (Å²) in [5.74, 6) is 2.90. The number of likely N-dealkylation sites (N-methyl/N-ethyl adjacent to an activating group) is 1. The number of ether oxygens (including phenoxy) is 5. The lowest BCUT2D eigenvalue weighted by molar-refractivity contribution is -0.144. The van der Waals surface area contributed by atoms with Crippen LogP contribution in [0.25, 0.3) is 0 Å². The van der Waals surface area contributed by atoms with Gasteiger partial charge in [0.2, 0.25) is 12.7 Å². The van der Waals surface area contributed by atoms with Gasteiger partial charge in [0.15, 0.2) is 17.4 Å². The van der Waals surface area contributed by atoms with Crippen LogP contribution in [0.5, 0.6) is 23.0 Å². The van der Waals surface area contributed by atoms with Gasteiger partial charge in [0.05, 0.1) is 30.3 Å². The average Bonchev–Trinajstić information content (AvgIpc) is 3.57. The van der Waals surface area contributed by atoms with Gasteiger partial charge in [-0.15, -0.1) is 0 Å². The molecule has 0 saturated carbocycles. The van der Waals surface area contributed by atoms with E-state index in [1.165, 1.54) is 11.1 Å². The SMILES string of the molecule is C=C1/C=C/COC(=C)NC(C)C(=O)NC[C@@]2(C)c3c(c(c(C)c4c3OCO4)OC1)CC1[C@H]3c4c(cc(C)c(OC)c4C)C[C@@](C)(C(C#N)N12)N3C. The molecule has 11 nitrogen and oxygen atoms in total. The van der Waals surface area contributed by atoms with Crippen molar-refractivity contribution >= 4 is 5.91 Å². The van der Waals surface area contributed by atoms with E-state index in [0.717, 1.165) is 39.1 Å². The maximum Gasteiger partial charge on any atom is 0.242 e. The van der Waals surface area contributed by atoms with Crippen LogP contribution >= 0.6 is 0 Å². The van der Waals surface area contributed by atoms with Crippen molar-refractivity contribution in [2.45, 2.75) is 89.6 Å². The van der Waals surface area contributed by atoms with E-state index in [2.05, 4.69) is 80.5 Å². The van der Waals surface area contributed by atoms with Gasteiger partial charge in [0.1, 0.15) is 36.8 Å². The summed E-state index contributed by atoms with van der Waals surface area (Å²) < 4.78 is 30.9. The molecule has 11 heteroatoms. The van der Waals surface area contributed by atoms with E-state index >= 15 is 0 Å². The van der Waals surface area contributed by atoms with Crippen molar-refractivity contribution in [3.63, 3.8) is 0 Å². The molecule has 7 rings (SSSR count). The first-order valence-corrected chi connectivity index (χ1v) is 17.6. The summed E-state index contributed by atoms with van der Waals surface area (Å²) in [6.07, 6.45) is 4.95. The molecule has 5 aliphatic rings. The fourth-order valence-corrected chi connectivity index (χ4v) is 9.54. The number of rotatable bonds is 1. The number of nitriles is 1. The van der Waals surface area contributed by atoms with Gasteiger partial charge in [0.25, 0.3) is 0 Å². The Hall–Kier alpha value is -4.66. The lowest BCUT2D eigenvalue weighted by Crippen LogP contribution is -2.77. The minimum Gasteiger partial charge on any atom is -0.496 e. The highest BCUT2D eigenvalue weighted by Crippen LogP contribution is 2.61. The number of hydrogen-bond donors (Lipinski definition) is 2. The Morgan fingerprint density at radius 1 is 1.08 bits per heavy atom. The number of amides is 1. The molecule has 0 radical (unpaired) electrons. The number of piperazine rings is 1. The highest BCUT2D eigenvalue weighted by molar-refractivity contribution is 5.81. The molecular formula is C40H49N5O6. The first-order valence-electron chi connectivity index (χ1n) is 17.6. The quantitative estimate of drug-likeness (QED) is 0.432. The summed E-state index contributed by atoms with van der Waals surface area (Å²) in [7, 11) is 3.88. The fraction of sp³-hybridized carbons (Fsp3) is 0.500. The molecule has 270 valence electrons. The summed E-state index contributed by atoms with van der Waals surface area (Å²) in [5, 5.41) is 17.6. The zero-order valence-electron chi connectivity index (χ0n) is 31.0. The number of aryl methyl sites for hydroxylation is 1. The Labute approximate surface area is 300 Å². The number of carbonyl (C=O) groups is 1. The van der Waals surface area contributed by atoms with Gasteiger partial charge < -0.3 is 34.3 Å². The number of hydrogen-bond acceptors (Lipinski definition) is 10. The summed E-state index contributed by atoms with van der Waals surface area (Å²) in [6.45, 7) is 21.2. The van der Waals surface area contributed by atoms with Crippen molar-refractivity contribution in [1.82, 2.24) is 20.4 Å². The molecule has 0 aromatic heterocycles. The molecule has 2 N–H and O–H groups in total. The number of benzene rings is 2. The highest BCUT2D eigenvalue weighted by atomic mass is 16.7. The first kappa shape index (κ1) is 34.8. The Bertz CT molecular complexity index is 1920. The van der Waals surface area contributed by atoms with Crippen LogP contribution in [0.4, 0.5) is 0 Å². The van der Waals surface area contributed by atoms with Crippen LogP contribution < -0.4 is 29.6 Å². The zero-order valence-corrected chi connectivity index (χ0v) is 31.0. The van der Waals surface area contributed by atoms with E-state index in [1.54, 1.807) is 14.0 Å². The van der Waals surface area contributed by atoms with Crippen LogP contribution in [-0.4, -0.2) is 80.1 Å². The van der Waals surface area contributed by atoms with Gasteiger partial charge in [-0.25, -0.2) is 0 Å². The number of carbonyl (C=O) groups excluding carboxylic acids is 1. The van der Waals surface area contributed by atoms with Crippen molar-refractivity contribution in [2.75, 3.05) is 40.7 Å². The van der Waals surface area contributed by atoms with Crippen LogP contribution in [-0.2, 0) is 27.9 Å². The van der Waals surface area contributed by atoms with Gasteiger partial charge >= 0.3 is 0 Å². The maximum atomic E-state index is 13.8. The minimum absolute atomic E-state index is 0.0624. The fourth-order valence-electron chi connectivity index (χ4n) is 9.54. The molecule has 51 heavy (non-hydrogen) atoms. The Kier molecular flexibility index (Phi) is 8.54. The molecule has 0 aliphatic carbocycles. The van der Waals surface area contributed by atoms with Crippen LogP contribution in [0.3, 0.4) is 0 Å². The highest BCUT2D eigenvalue weighted by Gasteiger charge is 2.64. The van der Waals surface area contributed by atoms with Crippen LogP contribution in [0.1, 0.15) is 65.8 Å². The largest absolute Gasteiger partial charge is 0.496 e. The molecule has 6 bridgehead atoms. The molecule has 6 atom stereocenters. The number of methoxy groups -OCH3 is 1. The molecule has 5 aliphatic heterocycles. The minimum atomic E-state index is -0.934. The smallest absolute Gasteiger partial charge is 0.242 e. The van der Waals surface area contributed by atoms with E-state index in [1.807, 2.05) is 19.1 Å². The van der Waals surface area contributed by atoms with Gasteiger partial charge in [-0.1, -0.05) is 18.7 Å². The lowest BCUT2D eigenvalue weighted by atomic mass is 9.64. The molecule has 1 fully saturated rings. The summed E-state index contributed by atoms with van der Waals surface area (Å²) >= 11 is 0. The van der Waals surface area contributed by atoms with Crippen molar-refractivity contribution < 1.29 is 28.5 Å². The second-order valence-electron chi connectivity index (χ2n) is 15.0. The second-order valence-corrected chi connectivity index (χ2v) is 15.0. The molecular weight excluding hydrogens is 646 g/mol. The van der Waals surface area contributed by atoms with Crippen molar-refractivity contribution in [3.8, 4) is 29.1 Å². The van der Waals surface area contributed by atoms with Crippen molar-refractivity contribution in [2.24, 2.45) is 0 Å². The molecule has 1 saturated heterocycles. The predicted molar refractivity (Wildman–Crippen MR) is 193 cm³/mol. The van der Waals surface area contributed by atoms with Crippen LogP contribution in [0.2, 0.25) is 0 Å². The van der Waals surface area contributed by atoms with Gasteiger partial charge in [-0.3, -0.25) is 14.6 Å². The third-order valence-electron chi connectivity index (χ3n) is 11.9. The summed E-state index contributed by atoms with van der Waals surface area (Å²) in [5.41, 5.74) is 6.62. The van der Waals surface area contributed by atoms with E-state index < -0.39 is 23.2 Å². The first-order chi connectivity index (χ1) is 24.3. The summed E-state index contributed by atoms with van der Waals surface area (Å²) in [4.78, 5) is 18.6. The predicted octanol–water partition coefficient (Wildman–Crippen LogP) is 4.77. The topological polar surface area (TPSA) is 118 Å². The maximum absolute atomic E-state index is 13.8. The average molecular weight is 696 g/mol. The van der Waals surface area contributed by atoms with E-state index in [-0.39, 0.29) is 50.4 Å². The van der Waals surface area contributed by atoms with Gasteiger partial charge in [-0.2, -0.15) is 5.26 Å². The van der Waals surface area contributed by atoms with Gasteiger partial charge in [-0.05, 0) is 102 Å². The van der Waals surface area contributed by atoms with E-state index in [9.17, 15) is 10.1 Å². The molecule has 2 aromatic rings. The third kappa shape index (κ3) is 5.17. The normalized spacial score (nSPS) is 31.1. The van der Waals surface area contributed by atoms with Crippen molar-refractivity contribution in [1.29, 1.82) is 5.26 Å². The standard InChI is InChI=1S/C40H49N5O6/c1-21-12-11-13-48-26(6)43-25(5)38(46)42-19-40(8)32-28(35(49-18-21)24(4)36-37(32)51-20-50-36)15-29-33-31-23(3)34(47-10)22(2)14-27(31)16-39(7,44(33)9)30(17-41)45(29)40/h11-12,14,25,29-30,33,43H,1,6,13,15-16,18-20H2,2-5,7-10H3,(H,42,46)/b12-11+/t25?,29?,30?,33-,39-,40-/m0/s1. The van der Waals surface area contributed by atoms with E-state index in [0.29, 0.717) is 30.1 Å². The van der Waals surface area contributed by atoms with Gasteiger partial charge in [0, 0.05) is 29.3 Å². The number of nitrogens with one attached hydrogen (secondary N) is 2. The third-order valence-corrected chi connectivity index (χ3v) is 11.9. The van der Waals surface area contributed by atoms with Crippen molar-refractivity contribution in [3.05, 3.63) is 81.8 Å². The molecule has 1 amide bonds. The monoisotopic (exact) mass is 695 g/mol. The Morgan fingerprint density at radius 2 is 1.82 bits per heavy atom. The number of fused-ring (bicyclic) bond motifs is 8. The molecule has 3 unspecified atom stereocenters. The van der Waals surface area contributed by atoms with Crippen LogP contribution in [0.15, 0.2) is 42.8 Å². The lowest BCUT2D eigenvalue weighted by Gasteiger charge is -2.67. The van der Waals surface area contributed by atoms with Crippen LogP contribution in [0, 0.1) is 32.1 Å². The Balaban J connectivity index is 1.49. The van der Waals surface area contributed by atoms with E-state index in [4.69, 9.17) is 23.7 Å². The molecule has 5 heterocycles. The number of nitrogens with zero attached hydrogens (tertiary/aromatic N) is 3. The zero-order chi connectivity index (χ0) is 36.6. The Morgan fingerprint density at radius 3 is 2.55 bits per heavy atom. The molecule has 2 aromatic carbocycles. The molecule has 0 spiro atoms.